The van der Waals surface area contributed by atoms with Gasteiger partial charge in [-0.05, 0) is 42.5 Å². The highest BCUT2D eigenvalue weighted by molar-refractivity contribution is 7.99. The second kappa shape index (κ2) is 6.08. The molecule has 0 atom stereocenters. The summed E-state index contributed by atoms with van der Waals surface area (Å²) in [5, 5.41) is 0.542. The number of hydrogen-bond donors (Lipinski definition) is 0. The first-order valence-corrected chi connectivity index (χ1v) is 6.65. The van der Waals surface area contributed by atoms with Crippen LogP contribution < -0.4 is 4.74 Å². The number of rotatable bonds is 3. The molecule has 2 aromatic carbocycles. The van der Waals surface area contributed by atoms with E-state index in [1.807, 2.05) is 0 Å². The second-order valence-corrected chi connectivity index (χ2v) is 5.29. The van der Waals surface area contributed by atoms with Crippen LogP contribution in [0.5, 0.6) is 5.75 Å². The summed E-state index contributed by atoms with van der Waals surface area (Å²) in [6, 6.07) is 11.0. The van der Waals surface area contributed by atoms with Crippen LogP contribution in [-0.2, 0) is 4.79 Å². The molecule has 0 aliphatic carbocycles. The number of halogens is 2. The first kappa shape index (κ1) is 13.9. The summed E-state index contributed by atoms with van der Waals surface area (Å²) in [5.41, 5.74) is 0. The van der Waals surface area contributed by atoms with Crippen molar-refractivity contribution in [2.75, 3.05) is 0 Å². The van der Waals surface area contributed by atoms with Crippen molar-refractivity contribution in [1.82, 2.24) is 0 Å². The third-order valence-corrected chi connectivity index (χ3v) is 3.48. The number of esters is 1. The van der Waals surface area contributed by atoms with E-state index in [1.165, 1.54) is 30.8 Å². The summed E-state index contributed by atoms with van der Waals surface area (Å²) in [4.78, 5) is 12.6. The van der Waals surface area contributed by atoms with E-state index in [2.05, 4.69) is 0 Å². The molecule has 5 heteroatoms. The van der Waals surface area contributed by atoms with Crippen molar-refractivity contribution in [3.05, 3.63) is 53.3 Å². The lowest BCUT2D eigenvalue weighted by Crippen LogP contribution is -2.02. The summed E-state index contributed by atoms with van der Waals surface area (Å²) in [6.07, 6.45) is 0. The Morgan fingerprint density at radius 2 is 1.89 bits per heavy atom. The Hall–Kier alpha value is -1.52. The molecule has 0 saturated heterocycles. The van der Waals surface area contributed by atoms with E-state index in [4.69, 9.17) is 16.3 Å². The first-order valence-electron chi connectivity index (χ1n) is 5.46. The van der Waals surface area contributed by atoms with Gasteiger partial charge < -0.3 is 4.74 Å². The molecule has 0 radical (unpaired) electrons. The molecule has 0 amide bonds. The molecule has 0 heterocycles. The lowest BCUT2D eigenvalue weighted by atomic mass is 10.3. The van der Waals surface area contributed by atoms with E-state index in [1.54, 1.807) is 30.3 Å². The fraction of sp³-hybridized carbons (Fsp3) is 0.0714. The Morgan fingerprint density at radius 1 is 1.21 bits per heavy atom. The van der Waals surface area contributed by atoms with Crippen molar-refractivity contribution >= 4 is 29.3 Å². The van der Waals surface area contributed by atoms with Gasteiger partial charge in [0.2, 0.25) is 0 Å². The van der Waals surface area contributed by atoms with Crippen LogP contribution in [-0.4, -0.2) is 5.97 Å². The molecule has 0 bridgehead atoms. The third kappa shape index (κ3) is 3.98. The molecule has 0 aliphatic heterocycles. The molecule has 2 nitrogen and oxygen atoms in total. The van der Waals surface area contributed by atoms with Crippen LogP contribution in [0.1, 0.15) is 6.92 Å². The number of carbonyl (C=O) groups is 1. The second-order valence-electron chi connectivity index (χ2n) is 3.74. The minimum Gasteiger partial charge on any atom is -0.426 e. The van der Waals surface area contributed by atoms with Crippen LogP contribution >= 0.6 is 23.4 Å². The summed E-state index contributed by atoms with van der Waals surface area (Å²) in [5.74, 6) is -0.259. The van der Waals surface area contributed by atoms with Gasteiger partial charge in [-0.2, -0.15) is 0 Å². The van der Waals surface area contributed by atoms with Crippen molar-refractivity contribution in [2.45, 2.75) is 16.7 Å². The molecule has 0 aliphatic rings. The van der Waals surface area contributed by atoms with E-state index >= 15 is 0 Å². The third-order valence-electron chi connectivity index (χ3n) is 2.20. The molecular formula is C14H10ClFO2S. The minimum atomic E-state index is -0.400. The zero-order valence-corrected chi connectivity index (χ0v) is 11.6. The largest absolute Gasteiger partial charge is 0.426 e. The Balaban J connectivity index is 2.29. The smallest absolute Gasteiger partial charge is 0.308 e. The van der Waals surface area contributed by atoms with Gasteiger partial charge >= 0.3 is 5.97 Å². The monoisotopic (exact) mass is 296 g/mol. The predicted octanol–water partition coefficient (Wildman–Crippen LogP) is 4.56. The SMILES string of the molecule is CC(=O)Oc1ccc(Cl)cc1Sc1ccc(F)cc1. The summed E-state index contributed by atoms with van der Waals surface area (Å²) < 4.78 is 17.9. The fourth-order valence-electron chi connectivity index (χ4n) is 1.43. The van der Waals surface area contributed by atoms with E-state index in [9.17, 15) is 9.18 Å². The summed E-state index contributed by atoms with van der Waals surface area (Å²) in [7, 11) is 0. The Morgan fingerprint density at radius 3 is 2.53 bits per heavy atom. The summed E-state index contributed by atoms with van der Waals surface area (Å²) in [6.45, 7) is 1.33. The van der Waals surface area contributed by atoms with Crippen LogP contribution in [0.2, 0.25) is 5.02 Å². The van der Waals surface area contributed by atoms with Crippen molar-refractivity contribution in [3.63, 3.8) is 0 Å². The van der Waals surface area contributed by atoms with Crippen molar-refractivity contribution in [2.24, 2.45) is 0 Å². The molecule has 98 valence electrons. The van der Waals surface area contributed by atoms with E-state index < -0.39 is 5.97 Å². The van der Waals surface area contributed by atoms with Gasteiger partial charge in [-0.1, -0.05) is 23.4 Å². The van der Waals surface area contributed by atoms with Gasteiger partial charge in [-0.25, -0.2) is 4.39 Å². The number of hydrogen-bond acceptors (Lipinski definition) is 3. The molecule has 0 fully saturated rings. The van der Waals surface area contributed by atoms with Crippen molar-refractivity contribution in [1.29, 1.82) is 0 Å². The maximum Gasteiger partial charge on any atom is 0.308 e. The Kier molecular flexibility index (Phi) is 4.45. The molecule has 2 aromatic rings. The van der Waals surface area contributed by atoms with Gasteiger partial charge in [0.25, 0.3) is 0 Å². The zero-order valence-electron chi connectivity index (χ0n) is 10.0. The number of ether oxygens (including phenoxy) is 1. The molecule has 0 aromatic heterocycles. The molecule has 0 N–H and O–H groups in total. The van der Waals surface area contributed by atoms with Crippen molar-refractivity contribution in [3.8, 4) is 5.75 Å². The quantitative estimate of drug-likeness (QED) is 0.614. The van der Waals surface area contributed by atoms with E-state index in [0.29, 0.717) is 15.7 Å². The van der Waals surface area contributed by atoms with Crippen LogP contribution in [0.3, 0.4) is 0 Å². The molecule has 0 spiro atoms. The molecule has 0 saturated carbocycles. The highest BCUT2D eigenvalue weighted by Gasteiger charge is 2.09. The lowest BCUT2D eigenvalue weighted by Gasteiger charge is -2.09. The van der Waals surface area contributed by atoms with E-state index in [-0.39, 0.29) is 5.82 Å². The fourth-order valence-corrected chi connectivity index (χ4v) is 2.59. The van der Waals surface area contributed by atoms with Crippen LogP contribution in [0, 0.1) is 5.82 Å². The van der Waals surface area contributed by atoms with Gasteiger partial charge in [-0.3, -0.25) is 4.79 Å². The Bertz CT molecular complexity index is 599. The van der Waals surface area contributed by atoms with Gasteiger partial charge in [0.15, 0.2) is 0 Å². The highest BCUT2D eigenvalue weighted by Crippen LogP contribution is 2.36. The number of benzene rings is 2. The van der Waals surface area contributed by atoms with Gasteiger partial charge in [0.1, 0.15) is 11.6 Å². The highest BCUT2D eigenvalue weighted by atomic mass is 35.5. The molecule has 0 unspecified atom stereocenters. The van der Waals surface area contributed by atoms with Crippen LogP contribution in [0.4, 0.5) is 4.39 Å². The standard InChI is InChI=1S/C14H10ClFO2S/c1-9(17)18-13-7-2-10(15)8-14(13)19-12-5-3-11(16)4-6-12/h2-8H,1H3. The lowest BCUT2D eigenvalue weighted by molar-refractivity contribution is -0.132. The normalized spacial score (nSPS) is 10.3. The van der Waals surface area contributed by atoms with Crippen LogP contribution in [0.25, 0.3) is 0 Å². The minimum absolute atomic E-state index is 0.296. The molecular weight excluding hydrogens is 287 g/mol. The van der Waals surface area contributed by atoms with Gasteiger partial charge in [0, 0.05) is 16.8 Å². The predicted molar refractivity (Wildman–Crippen MR) is 73.3 cm³/mol. The Labute approximate surface area is 119 Å². The van der Waals surface area contributed by atoms with Gasteiger partial charge in [0.05, 0.1) is 4.90 Å². The molecule has 2 rings (SSSR count). The maximum atomic E-state index is 12.8. The maximum absolute atomic E-state index is 12.8. The topological polar surface area (TPSA) is 26.3 Å². The molecule has 19 heavy (non-hydrogen) atoms. The van der Waals surface area contributed by atoms with Gasteiger partial charge in [-0.15, -0.1) is 0 Å². The van der Waals surface area contributed by atoms with Crippen LogP contribution in [0.15, 0.2) is 52.3 Å². The average molecular weight is 297 g/mol. The zero-order chi connectivity index (χ0) is 13.8. The summed E-state index contributed by atoms with van der Waals surface area (Å²) >= 11 is 7.28. The number of carbonyl (C=O) groups excluding carboxylic acids is 1. The average Bonchev–Trinajstić information content (AvgIpc) is 2.35. The van der Waals surface area contributed by atoms with E-state index in [0.717, 1.165) is 4.90 Å². The first-order chi connectivity index (χ1) is 9.04. The van der Waals surface area contributed by atoms with Crippen molar-refractivity contribution < 1.29 is 13.9 Å².